The van der Waals surface area contributed by atoms with Gasteiger partial charge in [-0.3, -0.25) is 10.1 Å². The molecule has 0 unspecified atom stereocenters. The van der Waals surface area contributed by atoms with Crippen molar-refractivity contribution in [2.24, 2.45) is 7.05 Å². The summed E-state index contributed by atoms with van der Waals surface area (Å²) < 4.78 is 1.70. The second-order valence-corrected chi connectivity index (χ2v) is 4.67. The van der Waals surface area contributed by atoms with E-state index in [-0.39, 0.29) is 16.1 Å². The molecule has 0 spiro atoms. The first-order valence-electron chi connectivity index (χ1n) is 5.16. The molecule has 0 amide bonds. The molecule has 0 saturated carbocycles. The van der Waals surface area contributed by atoms with Gasteiger partial charge in [0.15, 0.2) is 5.16 Å². The van der Waals surface area contributed by atoms with Crippen LogP contribution in [0, 0.1) is 10.1 Å². The van der Waals surface area contributed by atoms with Gasteiger partial charge in [0.05, 0.1) is 10.5 Å². The highest BCUT2D eigenvalue weighted by atomic mass is 32.2. The molecular weight excluding hydrogens is 270 g/mol. The lowest BCUT2D eigenvalue weighted by atomic mass is 10.2. The topological polar surface area (TPSA) is 98.3 Å². The van der Waals surface area contributed by atoms with Crippen LogP contribution in [-0.2, 0) is 7.05 Å². The molecule has 1 aromatic carbocycles. The highest BCUT2D eigenvalue weighted by Crippen LogP contribution is 2.32. The van der Waals surface area contributed by atoms with E-state index in [1.54, 1.807) is 24.0 Å². The smallest absolute Gasteiger partial charge is 0.336 e. The molecule has 1 heterocycles. The number of aromatic carboxylic acids is 1. The number of carboxylic acids is 1. The number of aromatic nitrogens is 2. The molecule has 2 rings (SSSR count). The fraction of sp³-hybridized carbons (Fsp3) is 0.0909. The largest absolute Gasteiger partial charge is 0.478 e. The van der Waals surface area contributed by atoms with E-state index in [1.165, 1.54) is 18.2 Å². The third-order valence-electron chi connectivity index (χ3n) is 2.38. The van der Waals surface area contributed by atoms with Crippen LogP contribution < -0.4 is 0 Å². The Kier molecular flexibility index (Phi) is 3.52. The molecule has 1 N–H and O–H groups in total. The van der Waals surface area contributed by atoms with Gasteiger partial charge in [-0.05, 0) is 6.07 Å². The van der Waals surface area contributed by atoms with Crippen LogP contribution in [0.4, 0.5) is 5.69 Å². The molecule has 0 bridgehead atoms. The Balaban J connectivity index is 2.46. The number of non-ortho nitro benzene ring substituents is 1. The lowest BCUT2D eigenvalue weighted by molar-refractivity contribution is -0.385. The second-order valence-electron chi connectivity index (χ2n) is 3.67. The van der Waals surface area contributed by atoms with Gasteiger partial charge in [0, 0.05) is 36.5 Å². The number of aryl methyl sites for hydroxylation is 1. The summed E-state index contributed by atoms with van der Waals surface area (Å²) in [5.74, 6) is -1.13. The first-order chi connectivity index (χ1) is 8.99. The maximum atomic E-state index is 11.1. The Morgan fingerprint density at radius 3 is 2.79 bits per heavy atom. The highest BCUT2D eigenvalue weighted by Gasteiger charge is 2.17. The predicted octanol–water partition coefficient (Wildman–Crippen LogP) is 2.18. The van der Waals surface area contributed by atoms with Gasteiger partial charge < -0.3 is 9.67 Å². The number of nitro groups is 1. The van der Waals surface area contributed by atoms with E-state index in [1.807, 2.05) is 0 Å². The molecule has 2 aromatic rings. The molecule has 0 fully saturated rings. The molecule has 7 nitrogen and oxygen atoms in total. The number of imidazole rings is 1. The minimum Gasteiger partial charge on any atom is -0.478 e. The van der Waals surface area contributed by atoms with Crippen LogP contribution in [0.25, 0.3) is 0 Å². The summed E-state index contributed by atoms with van der Waals surface area (Å²) in [4.78, 5) is 25.6. The molecule has 1 aromatic heterocycles. The third kappa shape index (κ3) is 2.74. The first-order valence-corrected chi connectivity index (χ1v) is 5.97. The quantitative estimate of drug-likeness (QED) is 0.680. The fourth-order valence-corrected chi connectivity index (χ4v) is 2.39. The zero-order valence-electron chi connectivity index (χ0n) is 9.81. The maximum absolute atomic E-state index is 11.1. The SMILES string of the molecule is Cn1ccnc1Sc1cc([N+](=O)[O-])ccc1C(=O)O. The number of benzene rings is 1. The predicted molar refractivity (Wildman–Crippen MR) is 67.4 cm³/mol. The number of carbonyl (C=O) groups is 1. The average molecular weight is 279 g/mol. The van der Waals surface area contributed by atoms with E-state index < -0.39 is 10.9 Å². The minimum absolute atomic E-state index is 0.0126. The van der Waals surface area contributed by atoms with Crippen LogP contribution in [0.5, 0.6) is 0 Å². The summed E-state index contributed by atoms with van der Waals surface area (Å²) in [6, 6.07) is 3.64. The molecule has 0 radical (unpaired) electrons. The molecular formula is C11H9N3O4S. The van der Waals surface area contributed by atoms with Crippen molar-refractivity contribution in [3.8, 4) is 0 Å². The normalized spacial score (nSPS) is 10.4. The van der Waals surface area contributed by atoms with Crippen molar-refractivity contribution in [3.63, 3.8) is 0 Å². The van der Waals surface area contributed by atoms with E-state index in [0.29, 0.717) is 5.16 Å². The van der Waals surface area contributed by atoms with Crippen molar-refractivity contribution < 1.29 is 14.8 Å². The summed E-state index contributed by atoms with van der Waals surface area (Å²) in [6.45, 7) is 0. The summed E-state index contributed by atoms with van der Waals surface area (Å²) in [5, 5.41) is 20.4. The number of hydrogen-bond acceptors (Lipinski definition) is 5. The zero-order valence-corrected chi connectivity index (χ0v) is 10.6. The Bertz CT molecular complexity index is 653. The van der Waals surface area contributed by atoms with Gasteiger partial charge in [0.1, 0.15) is 0 Å². The van der Waals surface area contributed by atoms with Crippen LogP contribution in [0.2, 0.25) is 0 Å². The van der Waals surface area contributed by atoms with Crippen molar-refractivity contribution in [2.45, 2.75) is 10.1 Å². The fourth-order valence-electron chi connectivity index (χ4n) is 1.43. The standard InChI is InChI=1S/C11H9N3O4S/c1-13-5-4-12-11(13)19-9-6-7(14(17)18)2-3-8(9)10(15)16/h2-6H,1H3,(H,15,16). The molecule has 0 aliphatic rings. The van der Waals surface area contributed by atoms with E-state index >= 15 is 0 Å². The number of carboxylic acid groups (broad SMARTS) is 1. The Labute approximate surface area is 112 Å². The van der Waals surface area contributed by atoms with Crippen molar-refractivity contribution in [1.82, 2.24) is 9.55 Å². The number of nitro benzene ring substituents is 1. The monoisotopic (exact) mass is 279 g/mol. The van der Waals surface area contributed by atoms with Gasteiger partial charge in [-0.15, -0.1) is 0 Å². The van der Waals surface area contributed by atoms with Crippen LogP contribution in [0.1, 0.15) is 10.4 Å². The van der Waals surface area contributed by atoms with Gasteiger partial charge in [-0.2, -0.15) is 0 Å². The minimum atomic E-state index is -1.13. The molecule has 0 aliphatic heterocycles. The van der Waals surface area contributed by atoms with Crippen LogP contribution >= 0.6 is 11.8 Å². The lowest BCUT2D eigenvalue weighted by Crippen LogP contribution is -2.01. The van der Waals surface area contributed by atoms with Crippen molar-refractivity contribution in [3.05, 3.63) is 46.3 Å². The number of nitrogens with zero attached hydrogens (tertiary/aromatic N) is 3. The first kappa shape index (κ1) is 13.1. The summed E-state index contributed by atoms with van der Waals surface area (Å²) in [6.07, 6.45) is 3.28. The Morgan fingerprint density at radius 2 is 2.26 bits per heavy atom. The maximum Gasteiger partial charge on any atom is 0.336 e. The highest BCUT2D eigenvalue weighted by molar-refractivity contribution is 7.99. The van der Waals surface area contributed by atoms with E-state index in [4.69, 9.17) is 5.11 Å². The number of rotatable bonds is 4. The van der Waals surface area contributed by atoms with Gasteiger partial charge in [0.25, 0.3) is 5.69 Å². The second kappa shape index (κ2) is 5.11. The van der Waals surface area contributed by atoms with E-state index in [9.17, 15) is 14.9 Å². The van der Waals surface area contributed by atoms with Crippen molar-refractivity contribution in [1.29, 1.82) is 0 Å². The molecule has 8 heteroatoms. The van der Waals surface area contributed by atoms with E-state index in [2.05, 4.69) is 4.98 Å². The van der Waals surface area contributed by atoms with Crippen LogP contribution in [0.3, 0.4) is 0 Å². The molecule has 19 heavy (non-hydrogen) atoms. The van der Waals surface area contributed by atoms with Gasteiger partial charge in [-0.1, -0.05) is 11.8 Å². The van der Waals surface area contributed by atoms with Crippen LogP contribution in [-0.4, -0.2) is 25.6 Å². The van der Waals surface area contributed by atoms with E-state index in [0.717, 1.165) is 11.8 Å². The Hall–Kier alpha value is -2.35. The molecule has 98 valence electrons. The van der Waals surface area contributed by atoms with Gasteiger partial charge in [-0.25, -0.2) is 9.78 Å². The summed E-state index contributed by atoms with van der Waals surface area (Å²) in [7, 11) is 1.76. The number of hydrogen-bond donors (Lipinski definition) is 1. The average Bonchev–Trinajstić information content (AvgIpc) is 2.74. The molecule has 0 atom stereocenters. The summed E-state index contributed by atoms with van der Waals surface area (Å²) in [5.41, 5.74) is -0.139. The zero-order chi connectivity index (χ0) is 14.0. The van der Waals surface area contributed by atoms with Crippen LogP contribution in [0.15, 0.2) is 40.6 Å². The molecule has 0 saturated heterocycles. The van der Waals surface area contributed by atoms with Gasteiger partial charge >= 0.3 is 5.97 Å². The van der Waals surface area contributed by atoms with Crippen molar-refractivity contribution >= 4 is 23.4 Å². The van der Waals surface area contributed by atoms with Gasteiger partial charge in [0.2, 0.25) is 0 Å². The lowest BCUT2D eigenvalue weighted by Gasteiger charge is -2.05. The summed E-state index contributed by atoms with van der Waals surface area (Å²) >= 11 is 1.07. The van der Waals surface area contributed by atoms with Crippen molar-refractivity contribution in [2.75, 3.05) is 0 Å². The third-order valence-corrected chi connectivity index (χ3v) is 3.52. The Morgan fingerprint density at radius 1 is 1.53 bits per heavy atom. The molecule has 0 aliphatic carbocycles.